The van der Waals surface area contributed by atoms with E-state index in [9.17, 15) is 4.39 Å². The molecule has 0 atom stereocenters. The van der Waals surface area contributed by atoms with Crippen molar-refractivity contribution in [2.45, 2.75) is 20.0 Å². The molecule has 0 aliphatic rings. The van der Waals surface area contributed by atoms with Crippen molar-refractivity contribution < 1.29 is 4.39 Å². The summed E-state index contributed by atoms with van der Waals surface area (Å²) in [7, 11) is 0. The van der Waals surface area contributed by atoms with Gasteiger partial charge in [0.2, 0.25) is 0 Å². The van der Waals surface area contributed by atoms with E-state index in [2.05, 4.69) is 10.3 Å². The molecule has 0 fully saturated rings. The van der Waals surface area contributed by atoms with E-state index < -0.39 is 0 Å². The lowest BCUT2D eigenvalue weighted by atomic mass is 10.1. The summed E-state index contributed by atoms with van der Waals surface area (Å²) < 4.78 is 13.3. The van der Waals surface area contributed by atoms with Gasteiger partial charge in [0.15, 0.2) is 0 Å². The van der Waals surface area contributed by atoms with Gasteiger partial charge in [-0.15, -0.1) is 0 Å². The molecule has 2 aromatic rings. The number of benzene rings is 1. The van der Waals surface area contributed by atoms with E-state index in [1.165, 1.54) is 0 Å². The highest BCUT2D eigenvalue weighted by atomic mass is 19.1. The van der Waals surface area contributed by atoms with E-state index in [-0.39, 0.29) is 5.82 Å². The van der Waals surface area contributed by atoms with E-state index in [1.807, 2.05) is 24.4 Å². The Kier molecular flexibility index (Phi) is 3.83. The van der Waals surface area contributed by atoms with Gasteiger partial charge in [0.25, 0.3) is 0 Å². The minimum Gasteiger partial charge on any atom is -0.309 e. The molecule has 0 bridgehead atoms. The van der Waals surface area contributed by atoms with Gasteiger partial charge in [0.1, 0.15) is 5.82 Å². The van der Waals surface area contributed by atoms with Crippen LogP contribution in [0.1, 0.15) is 16.7 Å². The average Bonchev–Trinajstić information content (AvgIpc) is 2.35. The summed E-state index contributed by atoms with van der Waals surface area (Å²) in [6.45, 7) is 3.16. The molecule has 3 heteroatoms. The summed E-state index contributed by atoms with van der Waals surface area (Å²) in [6, 6.07) is 9.23. The molecule has 0 saturated carbocycles. The fraction of sp³-hybridized carbons (Fsp3) is 0.214. The number of nitrogens with one attached hydrogen (secondary N) is 1. The van der Waals surface area contributed by atoms with Crippen LogP contribution in [0.2, 0.25) is 0 Å². The van der Waals surface area contributed by atoms with Gasteiger partial charge in [-0.3, -0.25) is 4.98 Å². The second-order valence-corrected chi connectivity index (χ2v) is 4.05. The van der Waals surface area contributed by atoms with Crippen molar-refractivity contribution in [1.29, 1.82) is 0 Å². The molecule has 0 aliphatic heterocycles. The van der Waals surface area contributed by atoms with Crippen LogP contribution in [0.5, 0.6) is 0 Å². The standard InChI is InChI=1S/C14H15FN2/c1-11-4-5-12(7-14(11)15)8-17-10-13-3-2-6-16-9-13/h2-7,9,17H,8,10H2,1H3. The average molecular weight is 230 g/mol. The zero-order valence-corrected chi connectivity index (χ0v) is 9.78. The zero-order chi connectivity index (χ0) is 12.1. The summed E-state index contributed by atoms with van der Waals surface area (Å²) >= 11 is 0. The molecular weight excluding hydrogens is 215 g/mol. The third-order valence-corrected chi connectivity index (χ3v) is 2.62. The van der Waals surface area contributed by atoms with Crippen LogP contribution in [0.3, 0.4) is 0 Å². The van der Waals surface area contributed by atoms with Crippen molar-refractivity contribution >= 4 is 0 Å². The third kappa shape index (κ3) is 3.36. The molecule has 88 valence electrons. The molecular formula is C14H15FN2. The molecule has 1 N–H and O–H groups in total. The van der Waals surface area contributed by atoms with Crippen molar-refractivity contribution in [1.82, 2.24) is 10.3 Å². The van der Waals surface area contributed by atoms with Gasteiger partial charge < -0.3 is 5.32 Å². The Balaban J connectivity index is 1.88. The lowest BCUT2D eigenvalue weighted by Gasteiger charge is -2.05. The van der Waals surface area contributed by atoms with Gasteiger partial charge in [-0.1, -0.05) is 18.2 Å². The quantitative estimate of drug-likeness (QED) is 0.873. The van der Waals surface area contributed by atoms with Crippen LogP contribution >= 0.6 is 0 Å². The Bertz CT molecular complexity index is 483. The van der Waals surface area contributed by atoms with Crippen LogP contribution in [0.4, 0.5) is 4.39 Å². The van der Waals surface area contributed by atoms with Crippen LogP contribution in [-0.2, 0) is 13.1 Å². The maximum absolute atomic E-state index is 13.3. The number of halogens is 1. The molecule has 1 heterocycles. The monoisotopic (exact) mass is 230 g/mol. The lowest BCUT2D eigenvalue weighted by molar-refractivity contribution is 0.611. The number of aryl methyl sites for hydroxylation is 1. The summed E-state index contributed by atoms with van der Waals surface area (Å²) in [6.07, 6.45) is 3.57. The first-order valence-corrected chi connectivity index (χ1v) is 5.60. The molecule has 0 radical (unpaired) electrons. The van der Waals surface area contributed by atoms with E-state index in [1.54, 1.807) is 25.3 Å². The van der Waals surface area contributed by atoms with Crippen LogP contribution in [0, 0.1) is 12.7 Å². The molecule has 1 aromatic heterocycles. The number of hydrogen-bond acceptors (Lipinski definition) is 2. The minimum absolute atomic E-state index is 0.148. The molecule has 0 spiro atoms. The number of hydrogen-bond donors (Lipinski definition) is 1. The fourth-order valence-electron chi connectivity index (χ4n) is 1.60. The van der Waals surface area contributed by atoms with Crippen molar-refractivity contribution in [3.63, 3.8) is 0 Å². The molecule has 0 unspecified atom stereocenters. The van der Waals surface area contributed by atoms with E-state index in [0.717, 1.165) is 17.7 Å². The van der Waals surface area contributed by atoms with Crippen molar-refractivity contribution in [2.24, 2.45) is 0 Å². The van der Waals surface area contributed by atoms with Crippen LogP contribution in [0.15, 0.2) is 42.7 Å². The highest BCUT2D eigenvalue weighted by Crippen LogP contribution is 2.09. The van der Waals surface area contributed by atoms with Crippen molar-refractivity contribution in [3.8, 4) is 0 Å². The fourth-order valence-corrected chi connectivity index (χ4v) is 1.60. The van der Waals surface area contributed by atoms with Gasteiger partial charge >= 0.3 is 0 Å². The van der Waals surface area contributed by atoms with Crippen LogP contribution in [-0.4, -0.2) is 4.98 Å². The molecule has 2 nitrogen and oxygen atoms in total. The van der Waals surface area contributed by atoms with Crippen molar-refractivity contribution in [2.75, 3.05) is 0 Å². The Morgan fingerprint density at radius 1 is 1.18 bits per heavy atom. The van der Waals surface area contributed by atoms with Gasteiger partial charge in [-0.25, -0.2) is 4.39 Å². The molecule has 17 heavy (non-hydrogen) atoms. The Morgan fingerprint density at radius 3 is 2.71 bits per heavy atom. The molecule has 0 amide bonds. The van der Waals surface area contributed by atoms with Gasteiger partial charge in [0.05, 0.1) is 0 Å². The highest BCUT2D eigenvalue weighted by Gasteiger charge is 1.99. The smallest absolute Gasteiger partial charge is 0.126 e. The predicted molar refractivity (Wildman–Crippen MR) is 65.9 cm³/mol. The number of aromatic nitrogens is 1. The molecule has 0 aliphatic carbocycles. The van der Waals surface area contributed by atoms with E-state index in [4.69, 9.17) is 0 Å². The summed E-state index contributed by atoms with van der Waals surface area (Å²) in [5, 5.41) is 3.26. The maximum Gasteiger partial charge on any atom is 0.126 e. The molecule has 2 rings (SSSR count). The SMILES string of the molecule is Cc1ccc(CNCc2cccnc2)cc1F. The lowest BCUT2D eigenvalue weighted by Crippen LogP contribution is -2.12. The van der Waals surface area contributed by atoms with Crippen LogP contribution < -0.4 is 5.32 Å². The first-order valence-electron chi connectivity index (χ1n) is 5.60. The number of rotatable bonds is 4. The maximum atomic E-state index is 13.3. The summed E-state index contributed by atoms with van der Waals surface area (Å²) in [5.41, 5.74) is 2.76. The molecule has 1 aromatic carbocycles. The van der Waals surface area contributed by atoms with Crippen molar-refractivity contribution in [3.05, 3.63) is 65.2 Å². The Labute approximate surface area is 101 Å². The normalized spacial score (nSPS) is 10.5. The van der Waals surface area contributed by atoms with Crippen LogP contribution in [0.25, 0.3) is 0 Å². The Morgan fingerprint density at radius 2 is 2.00 bits per heavy atom. The van der Waals surface area contributed by atoms with E-state index >= 15 is 0 Å². The third-order valence-electron chi connectivity index (χ3n) is 2.62. The van der Waals surface area contributed by atoms with Gasteiger partial charge in [-0.05, 0) is 35.7 Å². The first kappa shape index (κ1) is 11.7. The summed E-state index contributed by atoms with van der Waals surface area (Å²) in [4.78, 5) is 4.04. The van der Waals surface area contributed by atoms with E-state index in [0.29, 0.717) is 12.1 Å². The second-order valence-electron chi connectivity index (χ2n) is 4.05. The predicted octanol–water partition coefficient (Wildman–Crippen LogP) is 2.82. The number of pyridine rings is 1. The van der Waals surface area contributed by atoms with Gasteiger partial charge in [-0.2, -0.15) is 0 Å². The Hall–Kier alpha value is -1.74. The molecule has 0 saturated heterocycles. The zero-order valence-electron chi connectivity index (χ0n) is 9.78. The number of nitrogens with zero attached hydrogens (tertiary/aromatic N) is 1. The topological polar surface area (TPSA) is 24.9 Å². The first-order chi connectivity index (χ1) is 8.25. The minimum atomic E-state index is -0.148. The largest absolute Gasteiger partial charge is 0.309 e. The van der Waals surface area contributed by atoms with Gasteiger partial charge in [0, 0.05) is 25.5 Å². The highest BCUT2D eigenvalue weighted by molar-refractivity contribution is 5.23. The second kappa shape index (κ2) is 5.55. The summed E-state index contributed by atoms with van der Waals surface area (Å²) in [5.74, 6) is -0.148.